The van der Waals surface area contributed by atoms with Crippen LogP contribution in [0.4, 0.5) is 5.69 Å². The van der Waals surface area contributed by atoms with Gasteiger partial charge in [0.25, 0.3) is 0 Å². The van der Waals surface area contributed by atoms with E-state index in [-0.39, 0.29) is 5.54 Å². The van der Waals surface area contributed by atoms with E-state index in [1.165, 1.54) is 27.1 Å². The van der Waals surface area contributed by atoms with Gasteiger partial charge in [-0.1, -0.05) is 57.4 Å². The van der Waals surface area contributed by atoms with Crippen molar-refractivity contribution >= 4 is 45.4 Å². The van der Waals surface area contributed by atoms with Crippen LogP contribution in [0.3, 0.4) is 0 Å². The van der Waals surface area contributed by atoms with E-state index < -0.39 is 0 Å². The number of nitrogens with one attached hydrogen (secondary N) is 1. The summed E-state index contributed by atoms with van der Waals surface area (Å²) in [4.78, 5) is 1.28. The van der Waals surface area contributed by atoms with Crippen molar-refractivity contribution in [1.82, 2.24) is 3.96 Å². The molecule has 5 heteroatoms. The van der Waals surface area contributed by atoms with Gasteiger partial charge in [0.1, 0.15) is 4.64 Å². The Morgan fingerprint density at radius 2 is 1.80 bits per heavy atom. The molecule has 4 rings (SSSR count). The molecule has 0 unspecified atom stereocenters. The van der Waals surface area contributed by atoms with Crippen LogP contribution in [0.2, 0.25) is 0 Å². The van der Waals surface area contributed by atoms with Crippen LogP contribution in [0.25, 0.3) is 16.8 Å². The van der Waals surface area contributed by atoms with E-state index in [0.29, 0.717) is 0 Å². The Bertz CT molecular complexity index is 1040. The fourth-order valence-corrected chi connectivity index (χ4v) is 5.27. The lowest BCUT2D eigenvalue weighted by Gasteiger charge is -2.33. The summed E-state index contributed by atoms with van der Waals surface area (Å²) in [6.07, 6.45) is 0. The van der Waals surface area contributed by atoms with E-state index in [0.717, 1.165) is 20.5 Å². The summed E-state index contributed by atoms with van der Waals surface area (Å²) in [6, 6.07) is 12.9. The largest absolute Gasteiger partial charge is 0.375 e. The predicted octanol–water partition coefficient (Wildman–Crippen LogP) is 6.98. The van der Waals surface area contributed by atoms with Gasteiger partial charge in [-0.15, -0.1) is 0 Å². The normalized spacial score (nSPS) is 14.6. The summed E-state index contributed by atoms with van der Waals surface area (Å²) in [5.41, 5.74) is 6.96. The van der Waals surface area contributed by atoms with E-state index in [1.54, 1.807) is 11.5 Å². The lowest BCUT2D eigenvalue weighted by Crippen LogP contribution is -2.30. The first-order valence-electron chi connectivity index (χ1n) is 8.20. The molecular weight excluding hydrogens is 412 g/mol. The van der Waals surface area contributed by atoms with Crippen LogP contribution in [0.5, 0.6) is 0 Å². The molecule has 0 fully saturated rings. The van der Waals surface area contributed by atoms with Crippen LogP contribution in [0, 0.1) is 18.5 Å². The highest BCUT2D eigenvalue weighted by atomic mass is 79.9. The number of rotatable bonds is 1. The Morgan fingerprint density at radius 3 is 2.48 bits per heavy atom. The van der Waals surface area contributed by atoms with Gasteiger partial charge in [-0.25, -0.2) is 0 Å². The monoisotopic (exact) mass is 430 g/mol. The number of aromatic nitrogens is 1. The van der Waals surface area contributed by atoms with E-state index in [2.05, 4.69) is 89.3 Å². The number of aryl methyl sites for hydroxylation is 2. The van der Waals surface area contributed by atoms with Gasteiger partial charge >= 0.3 is 0 Å². The molecule has 128 valence electrons. The van der Waals surface area contributed by atoms with Crippen LogP contribution in [-0.4, -0.2) is 3.96 Å². The van der Waals surface area contributed by atoms with Crippen molar-refractivity contribution in [3.05, 3.63) is 61.5 Å². The molecule has 0 radical (unpaired) electrons. The van der Waals surface area contributed by atoms with E-state index in [9.17, 15) is 0 Å². The van der Waals surface area contributed by atoms with Crippen molar-refractivity contribution in [1.29, 1.82) is 0 Å². The zero-order chi connectivity index (χ0) is 17.9. The van der Waals surface area contributed by atoms with E-state index in [1.807, 2.05) is 0 Å². The van der Waals surface area contributed by atoms with Gasteiger partial charge in [0, 0.05) is 21.3 Å². The Hall–Kier alpha value is -1.43. The second-order valence-corrected chi connectivity index (χ2v) is 9.32. The maximum atomic E-state index is 5.92. The molecule has 0 aliphatic carbocycles. The van der Waals surface area contributed by atoms with Crippen LogP contribution >= 0.6 is 39.7 Å². The van der Waals surface area contributed by atoms with Gasteiger partial charge in [0.05, 0.1) is 16.1 Å². The molecule has 0 bridgehead atoms. The summed E-state index contributed by atoms with van der Waals surface area (Å²) in [7, 11) is 0. The second kappa shape index (κ2) is 5.79. The minimum Gasteiger partial charge on any atom is -0.375 e. The number of nitrogens with zero attached hydrogens (tertiary/aromatic N) is 1. The minimum atomic E-state index is -0.162. The SMILES string of the molecule is Cc1ccc(-n2sc3c(c2=S)-c2cc(C)c(Br)cc2NC3(C)C)cc1. The summed E-state index contributed by atoms with van der Waals surface area (Å²) < 4.78 is 4.18. The van der Waals surface area contributed by atoms with Gasteiger partial charge in [0.15, 0.2) is 0 Å². The highest BCUT2D eigenvalue weighted by Gasteiger charge is 2.34. The maximum Gasteiger partial charge on any atom is 0.129 e. The van der Waals surface area contributed by atoms with Crippen molar-refractivity contribution in [2.75, 3.05) is 5.32 Å². The lowest BCUT2D eigenvalue weighted by molar-refractivity contribution is 0.620. The quantitative estimate of drug-likeness (QED) is 0.419. The van der Waals surface area contributed by atoms with Crippen LogP contribution < -0.4 is 5.32 Å². The molecule has 0 saturated carbocycles. The average molecular weight is 431 g/mol. The lowest BCUT2D eigenvalue weighted by atomic mass is 9.89. The predicted molar refractivity (Wildman–Crippen MR) is 114 cm³/mol. The minimum absolute atomic E-state index is 0.162. The first-order valence-corrected chi connectivity index (χ1v) is 10.2. The van der Waals surface area contributed by atoms with Crippen molar-refractivity contribution in [2.24, 2.45) is 0 Å². The third-order valence-electron chi connectivity index (χ3n) is 4.66. The fourth-order valence-electron chi connectivity index (χ4n) is 3.28. The Morgan fingerprint density at radius 1 is 1.12 bits per heavy atom. The molecule has 1 aromatic heterocycles. The molecular formula is C20H19BrN2S2. The zero-order valence-electron chi connectivity index (χ0n) is 14.6. The zero-order valence-corrected chi connectivity index (χ0v) is 17.8. The highest BCUT2D eigenvalue weighted by Crippen LogP contribution is 2.48. The topological polar surface area (TPSA) is 17.0 Å². The number of halogens is 1. The van der Waals surface area contributed by atoms with E-state index >= 15 is 0 Å². The molecule has 2 nitrogen and oxygen atoms in total. The molecule has 1 aliphatic heterocycles. The first kappa shape index (κ1) is 17.0. The molecule has 2 heterocycles. The average Bonchev–Trinajstić information content (AvgIpc) is 2.89. The summed E-state index contributed by atoms with van der Waals surface area (Å²) >= 11 is 11.3. The van der Waals surface area contributed by atoms with Crippen LogP contribution in [0.1, 0.15) is 29.9 Å². The van der Waals surface area contributed by atoms with Gasteiger partial charge in [-0.05, 0) is 57.5 Å². The third-order valence-corrected chi connectivity index (χ3v) is 7.49. The number of hydrogen-bond acceptors (Lipinski definition) is 3. The number of hydrogen-bond donors (Lipinski definition) is 1. The van der Waals surface area contributed by atoms with Crippen LogP contribution in [-0.2, 0) is 5.54 Å². The number of benzene rings is 2. The standard InChI is InChI=1S/C20H19BrN2S2/c1-11-5-7-13(8-6-11)23-19(24)17-14-9-12(2)15(21)10-16(14)22-20(3,4)18(17)25-23/h5-10,22H,1-4H3. The smallest absolute Gasteiger partial charge is 0.129 e. The summed E-state index contributed by atoms with van der Waals surface area (Å²) in [6.45, 7) is 8.65. The molecule has 3 aromatic rings. The fraction of sp³-hybridized carbons (Fsp3) is 0.250. The van der Waals surface area contributed by atoms with Gasteiger partial charge < -0.3 is 5.32 Å². The number of anilines is 1. The molecule has 1 aliphatic rings. The highest BCUT2D eigenvalue weighted by molar-refractivity contribution is 9.10. The van der Waals surface area contributed by atoms with E-state index in [4.69, 9.17) is 12.2 Å². The Balaban J connectivity index is 2.01. The van der Waals surface area contributed by atoms with Gasteiger partial charge in [0.2, 0.25) is 0 Å². The third kappa shape index (κ3) is 2.69. The molecule has 0 atom stereocenters. The van der Waals surface area contributed by atoms with Crippen molar-refractivity contribution in [3.63, 3.8) is 0 Å². The van der Waals surface area contributed by atoms with Crippen molar-refractivity contribution < 1.29 is 0 Å². The van der Waals surface area contributed by atoms with Gasteiger partial charge in [-0.3, -0.25) is 3.96 Å². The van der Waals surface area contributed by atoms with Crippen molar-refractivity contribution in [2.45, 2.75) is 33.2 Å². The summed E-state index contributed by atoms with van der Waals surface area (Å²) in [5.74, 6) is 0. The Kier molecular flexibility index (Phi) is 3.94. The molecule has 25 heavy (non-hydrogen) atoms. The first-order chi connectivity index (χ1) is 11.8. The molecule has 0 spiro atoms. The van der Waals surface area contributed by atoms with Crippen molar-refractivity contribution in [3.8, 4) is 16.8 Å². The summed E-state index contributed by atoms with van der Waals surface area (Å²) in [5, 5.41) is 3.68. The molecule has 2 aromatic carbocycles. The second-order valence-electron chi connectivity index (χ2n) is 7.13. The molecule has 1 N–H and O–H groups in total. The molecule has 0 saturated heterocycles. The van der Waals surface area contributed by atoms with Gasteiger partial charge in [-0.2, -0.15) is 0 Å². The Labute approximate surface area is 165 Å². The van der Waals surface area contributed by atoms with Crippen LogP contribution in [0.15, 0.2) is 40.9 Å². The number of fused-ring (bicyclic) bond motifs is 3. The molecule has 0 amide bonds. The maximum absolute atomic E-state index is 5.92.